The maximum Gasteiger partial charge on any atom is 0.320 e. The maximum absolute atomic E-state index is 13.2. The third-order valence-corrected chi connectivity index (χ3v) is 6.71. The minimum Gasteiger partial charge on any atom is -0.496 e. The number of anilines is 1. The van der Waals surface area contributed by atoms with E-state index in [0.717, 1.165) is 62.7 Å². The van der Waals surface area contributed by atoms with Gasteiger partial charge in [0, 0.05) is 32.4 Å². The molecule has 2 aliphatic rings. The van der Waals surface area contributed by atoms with E-state index < -0.39 is 0 Å². The van der Waals surface area contributed by atoms with Crippen LogP contribution < -0.4 is 10.1 Å². The SMILES string of the molecule is CCCCC=NN=Cc1cccc(NC(=O)c2cc3c(cc2OC)CCN(C(=O)N2CCCCC2)C3)n1. The van der Waals surface area contributed by atoms with Gasteiger partial charge in [-0.2, -0.15) is 10.2 Å². The first-order chi connectivity index (χ1) is 18.1. The molecule has 3 heterocycles. The van der Waals surface area contributed by atoms with Gasteiger partial charge in [-0.05, 0) is 73.9 Å². The minimum atomic E-state index is -0.321. The molecule has 0 atom stereocenters. The summed E-state index contributed by atoms with van der Waals surface area (Å²) in [6.45, 7) is 4.92. The molecule has 0 radical (unpaired) electrons. The quantitative estimate of drug-likeness (QED) is 0.314. The second-order valence-corrected chi connectivity index (χ2v) is 9.41. The predicted octanol–water partition coefficient (Wildman–Crippen LogP) is 4.90. The number of hydrogen-bond donors (Lipinski definition) is 1. The molecule has 2 aliphatic heterocycles. The molecule has 196 valence electrons. The zero-order valence-electron chi connectivity index (χ0n) is 21.8. The fraction of sp³-hybridized carbons (Fsp3) is 0.464. The number of ether oxygens (including phenoxy) is 1. The Hall–Kier alpha value is -3.75. The van der Waals surface area contributed by atoms with Crippen molar-refractivity contribution < 1.29 is 14.3 Å². The fourth-order valence-corrected chi connectivity index (χ4v) is 4.65. The van der Waals surface area contributed by atoms with Gasteiger partial charge in [-0.1, -0.05) is 19.4 Å². The fourth-order valence-electron chi connectivity index (χ4n) is 4.65. The van der Waals surface area contributed by atoms with Crippen LogP contribution in [0.4, 0.5) is 10.6 Å². The summed E-state index contributed by atoms with van der Waals surface area (Å²) in [5.74, 6) is 0.593. The number of rotatable bonds is 8. The molecule has 0 saturated carbocycles. The van der Waals surface area contributed by atoms with Gasteiger partial charge in [0.05, 0.1) is 24.6 Å². The molecule has 0 aliphatic carbocycles. The largest absolute Gasteiger partial charge is 0.496 e. The van der Waals surface area contributed by atoms with Crippen LogP contribution in [0.2, 0.25) is 0 Å². The van der Waals surface area contributed by atoms with Crippen molar-refractivity contribution in [2.45, 2.75) is 58.4 Å². The number of methoxy groups -OCH3 is 1. The van der Waals surface area contributed by atoms with E-state index in [1.165, 1.54) is 6.42 Å². The second-order valence-electron chi connectivity index (χ2n) is 9.41. The molecular weight excluding hydrogens is 468 g/mol. The van der Waals surface area contributed by atoms with Gasteiger partial charge in [0.25, 0.3) is 5.91 Å². The number of aromatic nitrogens is 1. The van der Waals surface area contributed by atoms with Crippen molar-refractivity contribution in [2.24, 2.45) is 10.2 Å². The lowest BCUT2D eigenvalue weighted by Gasteiger charge is -2.36. The van der Waals surface area contributed by atoms with Crippen LogP contribution in [-0.2, 0) is 13.0 Å². The van der Waals surface area contributed by atoms with Gasteiger partial charge in [-0.15, -0.1) is 0 Å². The molecular formula is C28H36N6O3. The van der Waals surface area contributed by atoms with Crippen LogP contribution >= 0.6 is 0 Å². The Bertz CT molecular complexity index is 1160. The van der Waals surface area contributed by atoms with Crippen LogP contribution in [0.5, 0.6) is 5.75 Å². The van der Waals surface area contributed by atoms with Gasteiger partial charge >= 0.3 is 6.03 Å². The van der Waals surface area contributed by atoms with E-state index in [4.69, 9.17) is 4.74 Å². The summed E-state index contributed by atoms with van der Waals surface area (Å²) in [5, 5.41) is 10.9. The number of pyridine rings is 1. The van der Waals surface area contributed by atoms with Gasteiger partial charge in [0.15, 0.2) is 0 Å². The number of likely N-dealkylation sites (tertiary alicyclic amines) is 1. The molecule has 9 heteroatoms. The van der Waals surface area contributed by atoms with E-state index in [0.29, 0.717) is 35.9 Å². The molecule has 37 heavy (non-hydrogen) atoms. The predicted molar refractivity (Wildman–Crippen MR) is 146 cm³/mol. The summed E-state index contributed by atoms with van der Waals surface area (Å²) < 4.78 is 5.55. The summed E-state index contributed by atoms with van der Waals surface area (Å²) in [6.07, 6.45) is 10.5. The number of nitrogens with one attached hydrogen (secondary N) is 1. The molecule has 1 fully saturated rings. The van der Waals surface area contributed by atoms with E-state index in [1.54, 1.807) is 37.7 Å². The summed E-state index contributed by atoms with van der Waals surface area (Å²) in [7, 11) is 1.56. The van der Waals surface area contributed by atoms with E-state index in [2.05, 4.69) is 27.4 Å². The van der Waals surface area contributed by atoms with Gasteiger partial charge in [0.1, 0.15) is 11.6 Å². The Morgan fingerprint density at radius 2 is 1.92 bits per heavy atom. The zero-order valence-corrected chi connectivity index (χ0v) is 21.8. The van der Waals surface area contributed by atoms with E-state index in [9.17, 15) is 9.59 Å². The smallest absolute Gasteiger partial charge is 0.320 e. The van der Waals surface area contributed by atoms with Crippen LogP contribution in [0.1, 0.15) is 72.6 Å². The molecule has 0 bridgehead atoms. The second kappa shape index (κ2) is 13.0. The number of urea groups is 1. The molecule has 9 nitrogen and oxygen atoms in total. The van der Waals surface area contributed by atoms with E-state index >= 15 is 0 Å². The Balaban J connectivity index is 1.46. The van der Waals surface area contributed by atoms with E-state index in [1.807, 2.05) is 21.9 Å². The highest BCUT2D eigenvalue weighted by atomic mass is 16.5. The highest BCUT2D eigenvalue weighted by molar-refractivity contribution is 6.06. The summed E-state index contributed by atoms with van der Waals surface area (Å²) in [6, 6.07) is 9.18. The third kappa shape index (κ3) is 6.93. The summed E-state index contributed by atoms with van der Waals surface area (Å²) >= 11 is 0. The number of hydrogen-bond acceptors (Lipinski definition) is 6. The van der Waals surface area contributed by atoms with Crippen LogP contribution in [-0.4, -0.2) is 65.9 Å². The van der Waals surface area contributed by atoms with Crippen molar-refractivity contribution in [3.8, 4) is 5.75 Å². The first-order valence-electron chi connectivity index (χ1n) is 13.2. The summed E-state index contributed by atoms with van der Waals surface area (Å²) in [4.78, 5) is 34.6. The zero-order chi connectivity index (χ0) is 26.0. The van der Waals surface area contributed by atoms with Crippen molar-refractivity contribution >= 4 is 30.2 Å². The molecule has 1 aromatic carbocycles. The number of nitrogens with zero attached hydrogens (tertiary/aromatic N) is 5. The average molecular weight is 505 g/mol. The van der Waals surface area contributed by atoms with Crippen LogP contribution in [0.3, 0.4) is 0 Å². The first-order valence-corrected chi connectivity index (χ1v) is 13.2. The number of carbonyl (C=O) groups excluding carboxylic acids is 2. The van der Waals surface area contributed by atoms with Crippen LogP contribution in [0.15, 0.2) is 40.5 Å². The standard InChI is InChI=1S/C28H36N6O3/c1-3-4-6-13-29-30-19-23-10-9-11-26(31-23)32-27(35)24-17-22-20-34(16-12-21(22)18-25(24)37-2)28(36)33-14-7-5-8-15-33/h9-11,13,17-19H,3-8,12,14-16,20H2,1-2H3,(H,31,32,35). The number of fused-ring (bicyclic) bond motifs is 1. The number of piperidine rings is 1. The van der Waals surface area contributed by atoms with Gasteiger partial charge in [-0.25, -0.2) is 9.78 Å². The molecule has 1 N–H and O–H groups in total. The van der Waals surface area contributed by atoms with Crippen molar-refractivity contribution in [3.05, 3.63) is 52.7 Å². The summed E-state index contributed by atoms with van der Waals surface area (Å²) in [5.41, 5.74) is 3.08. The lowest BCUT2D eigenvalue weighted by atomic mass is 9.96. The van der Waals surface area contributed by atoms with Crippen LogP contribution in [0.25, 0.3) is 0 Å². The van der Waals surface area contributed by atoms with Gasteiger partial charge < -0.3 is 19.9 Å². The molecule has 1 saturated heterocycles. The maximum atomic E-state index is 13.2. The lowest BCUT2D eigenvalue weighted by molar-refractivity contribution is 0.102. The van der Waals surface area contributed by atoms with Gasteiger partial charge in [0.2, 0.25) is 0 Å². The number of benzene rings is 1. The number of carbonyl (C=O) groups is 2. The van der Waals surface area contributed by atoms with Crippen molar-refractivity contribution in [2.75, 3.05) is 32.1 Å². The van der Waals surface area contributed by atoms with Gasteiger partial charge in [-0.3, -0.25) is 4.79 Å². The molecule has 0 spiro atoms. The molecule has 4 rings (SSSR count). The molecule has 3 amide bonds. The monoisotopic (exact) mass is 504 g/mol. The Morgan fingerprint density at radius 1 is 1.08 bits per heavy atom. The Morgan fingerprint density at radius 3 is 2.70 bits per heavy atom. The average Bonchev–Trinajstić information content (AvgIpc) is 2.94. The Labute approximate surface area is 218 Å². The van der Waals surface area contributed by atoms with Crippen molar-refractivity contribution in [1.29, 1.82) is 0 Å². The molecule has 0 unspecified atom stereocenters. The normalized spacial score (nSPS) is 15.7. The van der Waals surface area contributed by atoms with Crippen molar-refractivity contribution in [3.63, 3.8) is 0 Å². The lowest BCUT2D eigenvalue weighted by Crippen LogP contribution is -2.47. The topological polar surface area (TPSA) is 99.5 Å². The highest BCUT2D eigenvalue weighted by Gasteiger charge is 2.27. The van der Waals surface area contributed by atoms with E-state index in [-0.39, 0.29) is 11.9 Å². The number of unbranched alkanes of at least 4 members (excludes halogenated alkanes) is 2. The first kappa shape index (κ1) is 26.3. The minimum absolute atomic E-state index is 0.0875. The molecule has 2 aromatic rings. The third-order valence-electron chi connectivity index (χ3n) is 6.71. The van der Waals surface area contributed by atoms with Crippen molar-refractivity contribution in [1.82, 2.24) is 14.8 Å². The Kier molecular flexibility index (Phi) is 9.24. The van der Waals surface area contributed by atoms with Crippen LogP contribution in [0, 0.1) is 0 Å². The molecule has 1 aromatic heterocycles. The highest BCUT2D eigenvalue weighted by Crippen LogP contribution is 2.29. The number of amides is 3.